The molecule has 0 unspecified atom stereocenters. The lowest BCUT2D eigenvalue weighted by molar-refractivity contribution is -0.445. The first-order valence-electron chi connectivity index (χ1n) is 7.48. The maximum atomic E-state index is 8.81. The number of aromatic amines is 1. The van der Waals surface area contributed by atoms with Crippen molar-refractivity contribution >= 4 is 16.5 Å². The Bertz CT molecular complexity index is 615. The van der Waals surface area contributed by atoms with Gasteiger partial charge in [0.1, 0.15) is 0 Å². The first kappa shape index (κ1) is 22.7. The molecule has 2 aromatic rings. The van der Waals surface area contributed by atoms with Crippen molar-refractivity contribution in [2.45, 2.75) is 27.7 Å². The van der Waals surface area contributed by atoms with E-state index in [9.17, 15) is 0 Å². The van der Waals surface area contributed by atoms with Crippen molar-refractivity contribution in [3.05, 3.63) is 77.5 Å². The number of nitrogens with one attached hydrogen (secondary N) is 1. The highest BCUT2D eigenvalue weighted by Crippen LogP contribution is 2.19. The van der Waals surface area contributed by atoms with Gasteiger partial charge in [0.05, 0.1) is 0 Å². The molecule has 1 aromatic heterocycles. The molecule has 1 N–H and O–H groups in total. The van der Waals surface area contributed by atoms with Gasteiger partial charge >= 0.3 is 0 Å². The third-order valence-electron chi connectivity index (χ3n) is 2.61. The van der Waals surface area contributed by atoms with Gasteiger partial charge in [-0.15, -0.1) is 0 Å². The summed E-state index contributed by atoms with van der Waals surface area (Å²) in [6, 6.07) is 8.58. The van der Waals surface area contributed by atoms with Crippen LogP contribution in [0.4, 0.5) is 0 Å². The molecular formula is C19H28N2O2. The van der Waals surface area contributed by atoms with E-state index in [1.807, 2.05) is 20.0 Å². The Labute approximate surface area is 139 Å². The maximum Gasteiger partial charge on any atom is 0.194 e. The van der Waals surface area contributed by atoms with Crippen LogP contribution >= 0.6 is 0 Å². The Balaban J connectivity index is 0. The fourth-order valence-electron chi connectivity index (χ4n) is 1.46. The Morgan fingerprint density at radius 1 is 1.22 bits per heavy atom. The molecule has 1 heterocycles. The number of aromatic nitrogens is 1. The van der Waals surface area contributed by atoms with Gasteiger partial charge in [-0.2, -0.15) is 0 Å². The monoisotopic (exact) mass is 316 g/mol. The van der Waals surface area contributed by atoms with E-state index in [4.69, 9.17) is 10.1 Å². The zero-order valence-corrected chi connectivity index (χ0v) is 14.8. The van der Waals surface area contributed by atoms with E-state index in [-0.39, 0.29) is 0 Å². The molecule has 0 atom stereocenters. The molecule has 0 bridgehead atoms. The number of hydrogen-bond donors (Lipinski definition) is 1. The molecule has 1 aromatic carbocycles. The number of nitro groups is 1. The molecule has 0 spiro atoms. The minimum absolute atomic E-state index is 0.500. The summed E-state index contributed by atoms with van der Waals surface area (Å²) in [5.74, 6) is 0. The lowest BCUT2D eigenvalue weighted by Gasteiger charge is -2.00. The van der Waals surface area contributed by atoms with Crippen LogP contribution in [0.2, 0.25) is 0 Å². The van der Waals surface area contributed by atoms with Crippen molar-refractivity contribution < 1.29 is 4.92 Å². The summed E-state index contributed by atoms with van der Waals surface area (Å²) in [6.45, 7) is 14.9. The summed E-state index contributed by atoms with van der Waals surface area (Å²) in [4.78, 5) is 11.5. The normalized spacial score (nSPS) is 9.17. The summed E-state index contributed by atoms with van der Waals surface area (Å²) in [7, 11) is 0.889. The number of fused-ring (bicyclic) bond motifs is 1. The third-order valence-corrected chi connectivity index (χ3v) is 2.61. The van der Waals surface area contributed by atoms with Gasteiger partial charge in [-0.1, -0.05) is 57.4 Å². The fraction of sp³-hybridized carbons (Fsp3) is 0.263. The Kier molecular flexibility index (Phi) is 14.1. The van der Waals surface area contributed by atoms with Gasteiger partial charge in [-0.3, -0.25) is 10.1 Å². The second kappa shape index (κ2) is 14.3. The predicted octanol–water partition coefficient (Wildman–Crippen LogP) is 5.87. The molecule has 0 saturated heterocycles. The van der Waals surface area contributed by atoms with Gasteiger partial charge in [0.2, 0.25) is 0 Å². The van der Waals surface area contributed by atoms with Crippen LogP contribution in [0.3, 0.4) is 0 Å². The summed E-state index contributed by atoms with van der Waals surface area (Å²) in [6.07, 6.45) is 7.38. The van der Waals surface area contributed by atoms with E-state index in [2.05, 4.69) is 62.3 Å². The van der Waals surface area contributed by atoms with Crippen molar-refractivity contribution in [3.8, 4) is 0 Å². The first-order valence-corrected chi connectivity index (χ1v) is 7.48. The van der Waals surface area contributed by atoms with Crippen molar-refractivity contribution in [2.75, 3.05) is 7.05 Å². The number of H-pyrrole nitrogens is 1. The van der Waals surface area contributed by atoms with E-state index >= 15 is 0 Å². The van der Waals surface area contributed by atoms with Gasteiger partial charge < -0.3 is 4.98 Å². The zero-order chi connectivity index (χ0) is 18.3. The van der Waals surface area contributed by atoms with Crippen LogP contribution < -0.4 is 0 Å². The van der Waals surface area contributed by atoms with Crippen LogP contribution in [0.1, 0.15) is 33.3 Å². The van der Waals surface area contributed by atoms with E-state index in [0.717, 1.165) is 7.05 Å². The minimum atomic E-state index is -0.500. The maximum absolute atomic E-state index is 8.81. The van der Waals surface area contributed by atoms with Crippen LogP contribution in [0.25, 0.3) is 16.5 Å². The van der Waals surface area contributed by atoms with E-state index < -0.39 is 4.92 Å². The second-order valence-electron chi connectivity index (χ2n) is 4.16. The molecule has 0 aliphatic heterocycles. The molecule has 23 heavy (non-hydrogen) atoms. The standard InChI is InChI=1S/C12H13N.C4H6.C2H6.CH3NO2/c1-3-9(2)11-5-4-10-6-7-13-12(10)8-11;1-3-4-2;1-2;1-2(3)4/h3-8,13H,1-2H3;3-4H,1-2H2;1-2H3;1H3/b9-3+;;;. The van der Waals surface area contributed by atoms with Crippen molar-refractivity contribution in [2.24, 2.45) is 0 Å². The molecule has 0 amide bonds. The summed E-state index contributed by atoms with van der Waals surface area (Å²) in [5, 5.41) is 10.1. The van der Waals surface area contributed by atoms with Gasteiger partial charge in [0.15, 0.2) is 7.05 Å². The number of nitrogens with zero attached hydrogens (tertiary/aromatic N) is 1. The summed E-state index contributed by atoms with van der Waals surface area (Å²) in [5.41, 5.74) is 3.81. The van der Waals surface area contributed by atoms with Crippen LogP contribution in [0, 0.1) is 10.1 Å². The smallest absolute Gasteiger partial charge is 0.194 e. The molecule has 0 aliphatic carbocycles. The Hall–Kier alpha value is -2.62. The van der Waals surface area contributed by atoms with Crippen LogP contribution in [0.5, 0.6) is 0 Å². The minimum Gasteiger partial charge on any atom is -0.361 e. The van der Waals surface area contributed by atoms with Crippen LogP contribution in [-0.4, -0.2) is 17.0 Å². The van der Waals surface area contributed by atoms with Gasteiger partial charge in [-0.25, -0.2) is 0 Å². The fourth-order valence-corrected chi connectivity index (χ4v) is 1.46. The SMILES string of the molecule is C/C=C(\C)c1ccc2cc[nH]c2c1.C=CC=C.CC.C[N+](=O)[O-]. The Morgan fingerprint density at radius 2 is 1.74 bits per heavy atom. The molecular weight excluding hydrogens is 288 g/mol. The number of benzene rings is 1. The highest BCUT2D eigenvalue weighted by atomic mass is 16.6. The molecule has 0 saturated carbocycles. The van der Waals surface area contributed by atoms with Crippen LogP contribution in [-0.2, 0) is 0 Å². The van der Waals surface area contributed by atoms with E-state index in [1.165, 1.54) is 22.0 Å². The van der Waals surface area contributed by atoms with Crippen LogP contribution in [0.15, 0.2) is 61.8 Å². The molecule has 4 heteroatoms. The van der Waals surface area contributed by atoms with Crippen molar-refractivity contribution in [1.29, 1.82) is 0 Å². The van der Waals surface area contributed by atoms with Gasteiger partial charge in [-0.05, 0) is 42.5 Å². The topological polar surface area (TPSA) is 58.9 Å². The third kappa shape index (κ3) is 10.7. The highest BCUT2D eigenvalue weighted by molar-refractivity contribution is 5.83. The van der Waals surface area contributed by atoms with Crippen molar-refractivity contribution in [1.82, 2.24) is 4.98 Å². The molecule has 4 nitrogen and oxygen atoms in total. The average molecular weight is 316 g/mol. The predicted molar refractivity (Wildman–Crippen MR) is 102 cm³/mol. The summed E-state index contributed by atoms with van der Waals surface area (Å²) >= 11 is 0. The van der Waals surface area contributed by atoms with E-state index in [1.54, 1.807) is 12.2 Å². The summed E-state index contributed by atoms with van der Waals surface area (Å²) < 4.78 is 0. The van der Waals surface area contributed by atoms with Gasteiger partial charge in [0, 0.05) is 16.6 Å². The molecule has 0 fully saturated rings. The number of hydrogen-bond acceptors (Lipinski definition) is 2. The second-order valence-corrected chi connectivity index (χ2v) is 4.16. The quantitative estimate of drug-likeness (QED) is 0.428. The number of allylic oxidation sites excluding steroid dienone is 4. The molecule has 0 aliphatic rings. The molecule has 2 rings (SSSR count). The van der Waals surface area contributed by atoms with Gasteiger partial charge in [0.25, 0.3) is 0 Å². The van der Waals surface area contributed by atoms with Crippen molar-refractivity contribution in [3.63, 3.8) is 0 Å². The number of rotatable bonds is 2. The largest absolute Gasteiger partial charge is 0.361 e. The molecule has 126 valence electrons. The molecule has 0 radical (unpaired) electrons. The highest BCUT2D eigenvalue weighted by Gasteiger charge is 1.97. The first-order chi connectivity index (χ1) is 11.0. The lowest BCUT2D eigenvalue weighted by Crippen LogP contribution is -1.79. The average Bonchev–Trinajstić information content (AvgIpc) is 3.03. The Morgan fingerprint density at radius 3 is 2.17 bits per heavy atom. The lowest BCUT2D eigenvalue weighted by atomic mass is 10.1. The van der Waals surface area contributed by atoms with E-state index in [0.29, 0.717) is 0 Å². The zero-order valence-electron chi connectivity index (χ0n) is 14.8.